The smallest absolute Gasteiger partial charge is 0.256 e. The van der Waals surface area contributed by atoms with Crippen LogP contribution in [0.25, 0.3) is 11.1 Å². The molecule has 1 aliphatic carbocycles. The Morgan fingerprint density at radius 2 is 2.11 bits per heavy atom. The number of fused-ring (bicyclic) bond motifs is 1. The molecule has 102 valence electrons. The number of hydrogen-bond donors (Lipinski definition) is 1. The number of aromatic nitrogens is 1. The second-order valence-electron chi connectivity index (χ2n) is 5.09. The molecule has 0 saturated heterocycles. The number of nitrogens with one attached hydrogen (secondary N) is 1. The molecule has 0 bridgehead atoms. The number of oxazole rings is 1. The van der Waals surface area contributed by atoms with E-state index in [4.69, 9.17) is 4.42 Å². The summed E-state index contributed by atoms with van der Waals surface area (Å²) >= 11 is 1.71. The lowest BCUT2D eigenvalue weighted by Crippen LogP contribution is -2.27. The van der Waals surface area contributed by atoms with Crippen LogP contribution in [-0.2, 0) is 0 Å². The van der Waals surface area contributed by atoms with Crippen LogP contribution in [0.1, 0.15) is 32.1 Å². The number of benzene rings is 1. The van der Waals surface area contributed by atoms with Crippen molar-refractivity contribution in [2.75, 3.05) is 12.3 Å². The quantitative estimate of drug-likeness (QED) is 0.642. The third kappa shape index (κ3) is 3.51. The third-order valence-corrected chi connectivity index (χ3v) is 4.52. The van der Waals surface area contributed by atoms with Gasteiger partial charge in [-0.1, -0.05) is 36.7 Å². The van der Waals surface area contributed by atoms with E-state index in [1.807, 2.05) is 24.3 Å². The molecule has 3 nitrogen and oxygen atoms in total. The summed E-state index contributed by atoms with van der Waals surface area (Å²) in [5.41, 5.74) is 1.84. The first-order chi connectivity index (χ1) is 9.42. The molecular formula is C15H20N2OS. The Labute approximate surface area is 118 Å². The van der Waals surface area contributed by atoms with Gasteiger partial charge in [-0.15, -0.1) is 0 Å². The molecule has 1 N–H and O–H groups in total. The molecule has 4 heteroatoms. The summed E-state index contributed by atoms with van der Waals surface area (Å²) in [5.74, 6) is 1.06. The topological polar surface area (TPSA) is 38.1 Å². The maximum atomic E-state index is 5.68. The molecule has 0 unspecified atom stereocenters. The molecule has 2 aromatic rings. The van der Waals surface area contributed by atoms with Crippen molar-refractivity contribution in [1.29, 1.82) is 0 Å². The van der Waals surface area contributed by atoms with Gasteiger partial charge in [0, 0.05) is 11.8 Å². The minimum Gasteiger partial charge on any atom is -0.431 e. The maximum Gasteiger partial charge on any atom is 0.256 e. The molecule has 1 aromatic heterocycles. The van der Waals surface area contributed by atoms with Crippen LogP contribution in [0.5, 0.6) is 0 Å². The molecule has 0 spiro atoms. The van der Waals surface area contributed by atoms with Crippen LogP contribution in [0, 0.1) is 0 Å². The van der Waals surface area contributed by atoms with Gasteiger partial charge in [0.15, 0.2) is 5.58 Å². The highest BCUT2D eigenvalue weighted by Crippen LogP contribution is 2.23. The Hall–Kier alpha value is -1.00. The highest BCUT2D eigenvalue weighted by atomic mass is 32.2. The maximum absolute atomic E-state index is 5.68. The normalized spacial score (nSPS) is 16.4. The van der Waals surface area contributed by atoms with E-state index in [0.29, 0.717) is 0 Å². The summed E-state index contributed by atoms with van der Waals surface area (Å²) in [6, 6.07) is 8.70. The van der Waals surface area contributed by atoms with Crippen molar-refractivity contribution >= 4 is 22.9 Å². The fraction of sp³-hybridized carbons (Fsp3) is 0.533. The van der Waals surface area contributed by atoms with E-state index in [9.17, 15) is 0 Å². The molecule has 1 aliphatic rings. The molecule has 1 heterocycles. The van der Waals surface area contributed by atoms with E-state index in [0.717, 1.165) is 34.7 Å². The molecule has 0 aliphatic heterocycles. The molecule has 1 aromatic carbocycles. The molecule has 1 fully saturated rings. The van der Waals surface area contributed by atoms with Crippen LogP contribution in [0.4, 0.5) is 0 Å². The summed E-state index contributed by atoms with van der Waals surface area (Å²) in [4.78, 5) is 4.46. The summed E-state index contributed by atoms with van der Waals surface area (Å²) in [5, 5.41) is 4.42. The van der Waals surface area contributed by atoms with Crippen LogP contribution in [0.15, 0.2) is 33.9 Å². The Morgan fingerprint density at radius 3 is 2.95 bits per heavy atom. The predicted molar refractivity (Wildman–Crippen MR) is 79.6 cm³/mol. The van der Waals surface area contributed by atoms with Crippen LogP contribution < -0.4 is 5.32 Å². The summed E-state index contributed by atoms with van der Waals surface area (Å²) in [6.45, 7) is 1.11. The van der Waals surface area contributed by atoms with Crippen molar-refractivity contribution in [3.8, 4) is 0 Å². The van der Waals surface area contributed by atoms with Gasteiger partial charge in [0.1, 0.15) is 5.52 Å². The molecule has 0 radical (unpaired) electrons. The van der Waals surface area contributed by atoms with Gasteiger partial charge in [-0.25, -0.2) is 4.98 Å². The van der Waals surface area contributed by atoms with Crippen LogP contribution >= 0.6 is 11.8 Å². The van der Waals surface area contributed by atoms with Crippen LogP contribution in [0.2, 0.25) is 0 Å². The van der Waals surface area contributed by atoms with Crippen molar-refractivity contribution in [2.24, 2.45) is 0 Å². The Morgan fingerprint density at radius 1 is 1.26 bits per heavy atom. The fourth-order valence-corrected chi connectivity index (χ4v) is 3.36. The highest BCUT2D eigenvalue weighted by molar-refractivity contribution is 7.99. The minimum atomic E-state index is 0.773. The first-order valence-electron chi connectivity index (χ1n) is 7.13. The minimum absolute atomic E-state index is 0.773. The van der Waals surface area contributed by atoms with Crippen molar-refractivity contribution in [1.82, 2.24) is 10.3 Å². The monoisotopic (exact) mass is 276 g/mol. The van der Waals surface area contributed by atoms with Crippen LogP contribution in [0.3, 0.4) is 0 Å². The average Bonchev–Trinajstić information content (AvgIpc) is 3.06. The van der Waals surface area contributed by atoms with Gasteiger partial charge in [0.05, 0.1) is 0 Å². The van der Waals surface area contributed by atoms with E-state index in [1.165, 1.54) is 32.1 Å². The highest BCUT2D eigenvalue weighted by Gasteiger charge is 2.13. The number of para-hydroxylation sites is 2. The molecule has 0 amide bonds. The second kappa shape index (κ2) is 6.44. The summed E-state index contributed by atoms with van der Waals surface area (Å²) < 4.78 is 5.68. The van der Waals surface area contributed by atoms with Crippen molar-refractivity contribution in [3.05, 3.63) is 24.3 Å². The lowest BCUT2D eigenvalue weighted by molar-refractivity contribution is 0.488. The molecular weight excluding hydrogens is 256 g/mol. The van der Waals surface area contributed by atoms with E-state index in [-0.39, 0.29) is 0 Å². The number of rotatable bonds is 6. The zero-order valence-corrected chi connectivity index (χ0v) is 11.9. The molecule has 1 saturated carbocycles. The van der Waals surface area contributed by atoms with E-state index >= 15 is 0 Å². The standard InChI is InChI=1S/C15H20N2OS/c1-2-7-12(6-1)16-10-5-11-19-15-17-13-8-3-4-9-14(13)18-15/h3-4,8-9,12,16H,1-2,5-7,10-11H2. The van der Waals surface area contributed by atoms with Gasteiger partial charge in [0.25, 0.3) is 5.22 Å². The van der Waals surface area contributed by atoms with Gasteiger partial charge >= 0.3 is 0 Å². The van der Waals surface area contributed by atoms with Crippen LogP contribution in [-0.4, -0.2) is 23.3 Å². The van der Waals surface area contributed by atoms with E-state index in [1.54, 1.807) is 11.8 Å². The first kappa shape index (κ1) is 13.0. The lowest BCUT2D eigenvalue weighted by Gasteiger charge is -2.10. The third-order valence-electron chi connectivity index (χ3n) is 3.61. The largest absolute Gasteiger partial charge is 0.431 e. The number of nitrogens with zero attached hydrogens (tertiary/aromatic N) is 1. The summed E-state index contributed by atoms with van der Waals surface area (Å²) in [6.07, 6.45) is 6.68. The number of thioether (sulfide) groups is 1. The summed E-state index contributed by atoms with van der Waals surface area (Å²) in [7, 11) is 0. The predicted octanol–water partition coefficient (Wildman–Crippen LogP) is 3.84. The van der Waals surface area contributed by atoms with Crippen molar-refractivity contribution in [3.63, 3.8) is 0 Å². The molecule has 3 rings (SSSR count). The number of hydrogen-bond acceptors (Lipinski definition) is 4. The van der Waals surface area contributed by atoms with Crippen molar-refractivity contribution < 1.29 is 4.42 Å². The molecule has 0 atom stereocenters. The van der Waals surface area contributed by atoms with E-state index in [2.05, 4.69) is 10.3 Å². The van der Waals surface area contributed by atoms with E-state index < -0.39 is 0 Å². The van der Waals surface area contributed by atoms with Gasteiger partial charge in [-0.05, 0) is 37.9 Å². The Bertz CT molecular complexity index is 487. The zero-order valence-electron chi connectivity index (χ0n) is 11.1. The zero-order chi connectivity index (χ0) is 12.9. The Kier molecular flexibility index (Phi) is 4.41. The van der Waals surface area contributed by atoms with Gasteiger partial charge in [-0.2, -0.15) is 0 Å². The van der Waals surface area contributed by atoms with Gasteiger partial charge < -0.3 is 9.73 Å². The SMILES string of the molecule is c1ccc2oc(SCCCNC3CCCC3)nc2c1. The lowest BCUT2D eigenvalue weighted by atomic mass is 10.2. The molecule has 19 heavy (non-hydrogen) atoms. The second-order valence-corrected chi connectivity index (χ2v) is 6.13. The van der Waals surface area contributed by atoms with Crippen molar-refractivity contribution in [2.45, 2.75) is 43.4 Å². The first-order valence-corrected chi connectivity index (χ1v) is 8.12. The van der Waals surface area contributed by atoms with Gasteiger partial charge in [0.2, 0.25) is 0 Å². The average molecular weight is 276 g/mol. The Balaban J connectivity index is 1.39. The van der Waals surface area contributed by atoms with Gasteiger partial charge in [-0.3, -0.25) is 0 Å². The fourth-order valence-electron chi connectivity index (χ4n) is 2.58.